The number of guanidine groups is 1. The van der Waals surface area contributed by atoms with Crippen molar-refractivity contribution in [3.05, 3.63) is 78.4 Å². The maximum atomic E-state index is 13.0. The average Bonchev–Trinajstić information content (AvgIpc) is 3.05. The van der Waals surface area contributed by atoms with Crippen molar-refractivity contribution in [2.75, 3.05) is 18.5 Å². The van der Waals surface area contributed by atoms with Crippen molar-refractivity contribution in [2.24, 2.45) is 31.2 Å². The van der Waals surface area contributed by atoms with Gasteiger partial charge in [0.15, 0.2) is 0 Å². The number of hydrogen-bond acceptors (Lipinski definition) is 14. The summed E-state index contributed by atoms with van der Waals surface area (Å²) in [4.78, 5) is 38.7. The lowest BCUT2D eigenvalue weighted by Crippen LogP contribution is -2.49. The number of amides is 3. The fourth-order valence-electron chi connectivity index (χ4n) is 4.39. The van der Waals surface area contributed by atoms with Gasteiger partial charge in [-0.1, -0.05) is 6.07 Å². The first kappa shape index (κ1) is 35.3. The molecule has 0 fully saturated rings. The largest absolute Gasteiger partial charge is 0.489 e. The molecule has 4 aromatic carbocycles. The number of fused-ring (bicyclic) bond motifs is 1. The molecule has 50 heavy (non-hydrogen) atoms. The van der Waals surface area contributed by atoms with Gasteiger partial charge in [-0.25, -0.2) is 0 Å². The van der Waals surface area contributed by atoms with E-state index >= 15 is 0 Å². The Bertz CT molecular complexity index is 2340. The van der Waals surface area contributed by atoms with Crippen molar-refractivity contribution in [1.82, 2.24) is 5.32 Å². The molecule has 1 atom stereocenters. The highest BCUT2D eigenvalue weighted by atomic mass is 32.2. The van der Waals surface area contributed by atoms with Gasteiger partial charge < -0.3 is 20.9 Å². The van der Waals surface area contributed by atoms with Gasteiger partial charge in [0, 0.05) is 17.0 Å². The Balaban J connectivity index is 1.34. The SMILES string of the molecule is NC1=NC(=O)C(N=Nc2ccc(C(=O)Nc3ccc(N=Nc4ccc5cc(S(=O)(=O)O)cc(S(=O)(=O)O)c5c4)cc3OCCO)cc2)C(=O)N1. The van der Waals surface area contributed by atoms with Crippen LogP contribution >= 0.6 is 0 Å². The standard InChI is InChI=1S/C29H24N8O11S2/c30-29-32-27(40)25(28(41)33-29)37-34-17-4-1-15(2-5-17)26(39)31-22-8-7-19(13-23(22)48-10-9-38)36-35-18-6-3-16-11-20(49(42,43)44)14-24(21(16)12-18)50(45,46)47/h1-8,11-14,25,38H,9-10H2,(H,31,39)(H,42,43,44)(H,45,46,47)(H3,30,32,33,40,41). The molecule has 0 saturated heterocycles. The first-order valence-electron chi connectivity index (χ1n) is 14.0. The fourth-order valence-corrected chi connectivity index (χ4v) is 5.74. The van der Waals surface area contributed by atoms with Crippen LogP contribution in [0.5, 0.6) is 5.75 Å². The first-order chi connectivity index (χ1) is 23.6. The van der Waals surface area contributed by atoms with Gasteiger partial charge >= 0.3 is 0 Å². The minimum atomic E-state index is -4.92. The molecular weight excluding hydrogens is 700 g/mol. The van der Waals surface area contributed by atoms with E-state index in [1.54, 1.807) is 0 Å². The predicted molar refractivity (Wildman–Crippen MR) is 174 cm³/mol. The Morgan fingerprint density at radius 1 is 0.880 bits per heavy atom. The predicted octanol–water partition coefficient (Wildman–Crippen LogP) is 2.80. The van der Waals surface area contributed by atoms with Gasteiger partial charge in [0.25, 0.3) is 38.0 Å². The van der Waals surface area contributed by atoms with E-state index in [0.717, 1.165) is 6.07 Å². The fraction of sp³-hybridized carbons (Fsp3) is 0.103. The second-order valence-corrected chi connectivity index (χ2v) is 13.0. The number of ether oxygens (including phenoxy) is 1. The van der Waals surface area contributed by atoms with Crippen LogP contribution in [-0.4, -0.2) is 74.0 Å². The molecule has 4 aromatic rings. The summed E-state index contributed by atoms with van der Waals surface area (Å²) in [6.07, 6.45) is 0. The minimum Gasteiger partial charge on any atom is -0.489 e. The van der Waals surface area contributed by atoms with E-state index in [1.807, 2.05) is 0 Å². The zero-order chi connectivity index (χ0) is 36.2. The lowest BCUT2D eigenvalue weighted by atomic mass is 10.1. The van der Waals surface area contributed by atoms with Crippen LogP contribution in [0.15, 0.2) is 108 Å². The van der Waals surface area contributed by atoms with Gasteiger partial charge in [-0.3, -0.25) is 28.8 Å². The zero-order valence-electron chi connectivity index (χ0n) is 25.2. The van der Waals surface area contributed by atoms with Gasteiger partial charge in [-0.05, 0) is 66.0 Å². The molecule has 1 unspecified atom stereocenters. The number of nitrogens with two attached hydrogens (primary N) is 1. The number of anilines is 1. The number of hydrogen-bond donors (Lipinski definition) is 6. The maximum Gasteiger partial charge on any atom is 0.295 e. The lowest BCUT2D eigenvalue weighted by Gasteiger charge is -2.13. The quantitative estimate of drug-likeness (QED) is 0.0739. The monoisotopic (exact) mass is 724 g/mol. The zero-order valence-corrected chi connectivity index (χ0v) is 26.8. The summed E-state index contributed by atoms with van der Waals surface area (Å²) in [5.41, 5.74) is 6.26. The van der Waals surface area contributed by atoms with Crippen LogP contribution < -0.4 is 21.1 Å². The number of nitrogens with one attached hydrogen (secondary N) is 2. The van der Waals surface area contributed by atoms with Crippen LogP contribution in [0.3, 0.4) is 0 Å². The van der Waals surface area contributed by atoms with Crippen molar-refractivity contribution in [3.63, 3.8) is 0 Å². The highest BCUT2D eigenvalue weighted by Crippen LogP contribution is 2.33. The summed E-state index contributed by atoms with van der Waals surface area (Å²) >= 11 is 0. The number of carbonyl (C=O) groups is 3. The molecule has 0 aliphatic carbocycles. The van der Waals surface area contributed by atoms with Gasteiger partial charge in [0.05, 0.1) is 34.3 Å². The molecule has 258 valence electrons. The molecule has 0 radical (unpaired) electrons. The second kappa shape index (κ2) is 14.2. The van der Waals surface area contributed by atoms with Crippen LogP contribution in [0.25, 0.3) is 10.8 Å². The molecule has 21 heteroatoms. The van der Waals surface area contributed by atoms with E-state index in [-0.39, 0.29) is 64.0 Å². The molecule has 0 aromatic heterocycles. The molecule has 1 aliphatic heterocycles. The third kappa shape index (κ3) is 8.34. The molecule has 19 nitrogen and oxygen atoms in total. The van der Waals surface area contributed by atoms with E-state index in [4.69, 9.17) is 10.5 Å². The van der Waals surface area contributed by atoms with Crippen LogP contribution in [-0.2, 0) is 29.8 Å². The van der Waals surface area contributed by atoms with E-state index < -0.39 is 53.8 Å². The number of aliphatic hydroxyl groups excluding tert-OH is 1. The Morgan fingerprint density at radius 2 is 1.54 bits per heavy atom. The number of aliphatic hydroxyl groups is 1. The second-order valence-electron chi connectivity index (χ2n) is 10.2. The topological polar surface area (TPSA) is 301 Å². The third-order valence-electron chi connectivity index (χ3n) is 6.67. The smallest absolute Gasteiger partial charge is 0.295 e. The van der Waals surface area contributed by atoms with Crippen LogP contribution in [0.2, 0.25) is 0 Å². The highest BCUT2D eigenvalue weighted by Gasteiger charge is 2.31. The maximum absolute atomic E-state index is 13.0. The normalized spacial score (nSPS) is 15.3. The van der Waals surface area contributed by atoms with Gasteiger partial charge in [-0.15, -0.1) is 0 Å². The molecular formula is C29H24N8O11S2. The van der Waals surface area contributed by atoms with Crippen molar-refractivity contribution in [3.8, 4) is 5.75 Å². The molecule has 0 spiro atoms. The number of carbonyl (C=O) groups excluding carboxylic acids is 3. The van der Waals surface area contributed by atoms with Crippen molar-refractivity contribution < 1.29 is 50.2 Å². The van der Waals surface area contributed by atoms with Crippen LogP contribution in [0, 0.1) is 0 Å². The molecule has 1 aliphatic rings. The molecule has 1 heterocycles. The highest BCUT2D eigenvalue weighted by molar-refractivity contribution is 7.86. The minimum absolute atomic E-state index is 0.0664. The van der Waals surface area contributed by atoms with Gasteiger partial charge in [-0.2, -0.15) is 42.3 Å². The molecule has 7 N–H and O–H groups in total. The van der Waals surface area contributed by atoms with Crippen LogP contribution in [0.1, 0.15) is 10.4 Å². The molecule has 0 saturated carbocycles. The van der Waals surface area contributed by atoms with Gasteiger partial charge in [0.1, 0.15) is 17.3 Å². The molecule has 3 amide bonds. The Morgan fingerprint density at radius 3 is 2.18 bits per heavy atom. The van der Waals surface area contributed by atoms with E-state index in [1.165, 1.54) is 60.7 Å². The Kier molecular flexibility index (Phi) is 10.1. The Hall–Kier alpha value is -6.00. The molecule has 0 bridgehead atoms. The number of aliphatic imine (C=N–C) groups is 1. The van der Waals surface area contributed by atoms with Crippen molar-refractivity contribution in [2.45, 2.75) is 15.8 Å². The summed E-state index contributed by atoms with van der Waals surface area (Å²) in [7, 11) is -9.71. The van der Waals surface area contributed by atoms with Crippen molar-refractivity contribution in [1.29, 1.82) is 0 Å². The van der Waals surface area contributed by atoms with Crippen molar-refractivity contribution >= 4 is 77.4 Å². The Labute approximate surface area is 282 Å². The van der Waals surface area contributed by atoms with Crippen LogP contribution in [0.4, 0.5) is 22.7 Å². The number of benzene rings is 4. The van der Waals surface area contributed by atoms with E-state index in [2.05, 4.69) is 36.1 Å². The summed E-state index contributed by atoms with van der Waals surface area (Å²) in [5.74, 6) is -2.45. The van der Waals surface area contributed by atoms with Gasteiger partial charge in [0.2, 0.25) is 12.0 Å². The summed E-state index contributed by atoms with van der Waals surface area (Å²) < 4.78 is 71.8. The summed E-state index contributed by atoms with van der Waals surface area (Å²) in [5, 5.41) is 29.8. The number of nitrogens with zero attached hydrogens (tertiary/aromatic N) is 5. The first-order valence-corrected chi connectivity index (χ1v) is 16.8. The third-order valence-corrected chi connectivity index (χ3v) is 8.40. The lowest BCUT2D eigenvalue weighted by molar-refractivity contribution is -0.129. The average molecular weight is 725 g/mol. The van der Waals surface area contributed by atoms with E-state index in [9.17, 15) is 45.4 Å². The number of azo groups is 2. The molecule has 5 rings (SSSR count). The van der Waals surface area contributed by atoms with E-state index in [0.29, 0.717) is 6.07 Å². The number of rotatable bonds is 11. The summed E-state index contributed by atoms with van der Waals surface area (Å²) in [6, 6.07) is 14.1. The summed E-state index contributed by atoms with van der Waals surface area (Å²) in [6.45, 7) is -0.493.